The molecule has 0 radical (unpaired) electrons. The molecule has 8 heteroatoms. The van der Waals surface area contributed by atoms with E-state index in [1.807, 2.05) is 49.9 Å². The minimum Gasteiger partial charge on any atom is -0.484 e. The van der Waals surface area contributed by atoms with Crippen molar-refractivity contribution in [3.63, 3.8) is 0 Å². The first-order chi connectivity index (χ1) is 16.9. The van der Waals surface area contributed by atoms with Crippen molar-refractivity contribution in [2.75, 3.05) is 13.1 Å². The van der Waals surface area contributed by atoms with Gasteiger partial charge in [-0.2, -0.15) is 0 Å². The molecule has 1 N–H and O–H groups in total. The number of hydrogen-bond donors (Lipinski definition) is 1. The Kier molecular flexibility index (Phi) is 7.48. The zero-order valence-corrected chi connectivity index (χ0v) is 20.2. The molecule has 1 aliphatic heterocycles. The average molecular weight is 480 g/mol. The van der Waals surface area contributed by atoms with Gasteiger partial charge in [-0.1, -0.05) is 39.0 Å². The first-order valence-electron chi connectivity index (χ1n) is 11.9. The van der Waals surface area contributed by atoms with Gasteiger partial charge >= 0.3 is 0 Å². The number of carbonyl (C=O) groups excluding carboxylic acids is 2. The highest BCUT2D eigenvalue weighted by molar-refractivity contribution is 5.91. The molecule has 2 aromatic carbocycles. The Hall–Kier alpha value is -3.68. The lowest BCUT2D eigenvalue weighted by Crippen LogP contribution is -2.42. The molecular weight excluding hydrogens is 449 g/mol. The summed E-state index contributed by atoms with van der Waals surface area (Å²) < 4.78 is 25.4. The van der Waals surface area contributed by atoms with Crippen LogP contribution in [0.15, 0.2) is 53.1 Å². The highest BCUT2D eigenvalue weighted by atomic mass is 19.1. The number of rotatable bonds is 8. The Labute approximate surface area is 204 Å². The van der Waals surface area contributed by atoms with E-state index in [1.165, 1.54) is 18.4 Å². The van der Waals surface area contributed by atoms with Crippen LogP contribution in [0.5, 0.6) is 5.75 Å². The number of carbonyl (C=O) groups is 2. The summed E-state index contributed by atoms with van der Waals surface area (Å²) in [6, 6.07) is 11.7. The molecule has 184 valence electrons. The van der Waals surface area contributed by atoms with Crippen LogP contribution in [-0.2, 0) is 17.8 Å². The van der Waals surface area contributed by atoms with Gasteiger partial charge < -0.3 is 19.4 Å². The molecule has 0 bridgehead atoms. The molecule has 0 saturated heterocycles. The van der Waals surface area contributed by atoms with Crippen molar-refractivity contribution in [3.05, 3.63) is 82.8 Å². The Morgan fingerprint density at radius 2 is 2.09 bits per heavy atom. The van der Waals surface area contributed by atoms with Crippen molar-refractivity contribution in [3.8, 4) is 5.75 Å². The molecule has 4 rings (SSSR count). The second-order valence-corrected chi connectivity index (χ2v) is 8.93. The third-order valence-electron chi connectivity index (χ3n) is 5.97. The predicted octanol–water partition coefficient (Wildman–Crippen LogP) is 4.66. The Balaban J connectivity index is 1.58. The number of nitrogens with one attached hydrogen (secondary N) is 1. The molecule has 7 nitrogen and oxygen atoms in total. The molecule has 0 fully saturated rings. The minimum atomic E-state index is -0.413. The van der Waals surface area contributed by atoms with Crippen LogP contribution in [0.1, 0.15) is 66.3 Å². The molecule has 2 heterocycles. The molecule has 0 saturated carbocycles. The molecule has 1 aliphatic rings. The van der Waals surface area contributed by atoms with Crippen molar-refractivity contribution in [2.24, 2.45) is 5.92 Å². The van der Waals surface area contributed by atoms with Crippen molar-refractivity contribution in [2.45, 2.75) is 46.3 Å². The monoisotopic (exact) mass is 479 g/mol. The third kappa shape index (κ3) is 5.53. The molecule has 3 aromatic rings. The number of benzene rings is 2. The summed E-state index contributed by atoms with van der Waals surface area (Å²) in [4.78, 5) is 31.1. The smallest absolute Gasteiger partial charge is 0.273 e. The summed E-state index contributed by atoms with van der Waals surface area (Å²) in [5, 5.41) is 2.75. The molecule has 1 aromatic heterocycles. The van der Waals surface area contributed by atoms with E-state index in [9.17, 15) is 14.0 Å². The van der Waals surface area contributed by atoms with Gasteiger partial charge in [0.2, 0.25) is 11.8 Å². The number of ether oxygens (including phenoxy) is 1. The summed E-state index contributed by atoms with van der Waals surface area (Å²) in [6.07, 6.45) is 2.84. The minimum absolute atomic E-state index is 0.0184. The van der Waals surface area contributed by atoms with Gasteiger partial charge in [-0.15, -0.1) is 0 Å². The Bertz CT molecular complexity index is 1210. The van der Waals surface area contributed by atoms with Crippen molar-refractivity contribution in [1.82, 2.24) is 15.2 Å². The maximum absolute atomic E-state index is 14.1. The fourth-order valence-electron chi connectivity index (χ4n) is 4.24. The van der Waals surface area contributed by atoms with Crippen LogP contribution in [0, 0.1) is 11.7 Å². The molecule has 1 unspecified atom stereocenters. The summed E-state index contributed by atoms with van der Waals surface area (Å²) in [7, 11) is 0. The summed E-state index contributed by atoms with van der Waals surface area (Å²) >= 11 is 0. The molecular formula is C27H30FN3O4. The Morgan fingerprint density at radius 1 is 1.26 bits per heavy atom. The van der Waals surface area contributed by atoms with Crippen LogP contribution in [0.25, 0.3) is 0 Å². The standard InChI is InChI=1S/C27H30FN3O4/c1-4-11-29-26(32)23-15-35-24(30-23)16-34-21-9-8-18-10-12-31(27(33)17(2)3)25(22(18)14-21)19-6-5-7-20(28)13-19/h5-9,13-15,17,25H,4,10-12,16H2,1-3H3,(H,29,32). The normalized spacial score (nSPS) is 15.1. The van der Waals surface area contributed by atoms with E-state index >= 15 is 0 Å². The molecule has 2 amide bonds. The van der Waals surface area contributed by atoms with Gasteiger partial charge in [-0.3, -0.25) is 9.59 Å². The van der Waals surface area contributed by atoms with Gasteiger partial charge in [0, 0.05) is 19.0 Å². The average Bonchev–Trinajstić information content (AvgIpc) is 3.34. The summed E-state index contributed by atoms with van der Waals surface area (Å²) in [5.41, 5.74) is 2.91. The maximum Gasteiger partial charge on any atom is 0.273 e. The SMILES string of the molecule is CCCNC(=O)c1coc(COc2ccc3c(c2)C(c2cccc(F)c2)N(C(=O)C(C)C)CC3)n1. The number of fused-ring (bicyclic) bond motifs is 1. The highest BCUT2D eigenvalue weighted by Crippen LogP contribution is 2.38. The number of oxazole rings is 1. The highest BCUT2D eigenvalue weighted by Gasteiger charge is 2.33. The van der Waals surface area contributed by atoms with Crippen LogP contribution < -0.4 is 10.1 Å². The second kappa shape index (κ2) is 10.7. The quantitative estimate of drug-likeness (QED) is 0.508. The van der Waals surface area contributed by atoms with E-state index in [4.69, 9.17) is 9.15 Å². The van der Waals surface area contributed by atoms with Crippen molar-refractivity contribution < 1.29 is 23.1 Å². The van der Waals surface area contributed by atoms with E-state index in [-0.39, 0.29) is 41.7 Å². The van der Waals surface area contributed by atoms with Crippen molar-refractivity contribution in [1.29, 1.82) is 0 Å². The van der Waals surface area contributed by atoms with Gasteiger partial charge in [0.05, 0.1) is 6.04 Å². The molecule has 0 aliphatic carbocycles. The topological polar surface area (TPSA) is 84.7 Å². The third-order valence-corrected chi connectivity index (χ3v) is 5.97. The lowest BCUT2D eigenvalue weighted by Gasteiger charge is -2.39. The lowest BCUT2D eigenvalue weighted by atomic mass is 9.87. The number of hydrogen-bond acceptors (Lipinski definition) is 5. The fourth-order valence-corrected chi connectivity index (χ4v) is 4.24. The number of aromatic nitrogens is 1. The van der Waals surface area contributed by atoms with Gasteiger partial charge in [0.1, 0.15) is 17.8 Å². The van der Waals surface area contributed by atoms with Crippen LogP contribution in [0.3, 0.4) is 0 Å². The van der Waals surface area contributed by atoms with E-state index < -0.39 is 6.04 Å². The van der Waals surface area contributed by atoms with E-state index in [2.05, 4.69) is 10.3 Å². The molecule has 1 atom stereocenters. The predicted molar refractivity (Wildman–Crippen MR) is 128 cm³/mol. The van der Waals surface area contributed by atoms with Crippen molar-refractivity contribution >= 4 is 11.8 Å². The zero-order valence-electron chi connectivity index (χ0n) is 20.2. The first kappa shape index (κ1) is 24.4. The van der Waals surface area contributed by atoms with Crippen LogP contribution in [0.4, 0.5) is 4.39 Å². The fraction of sp³-hybridized carbons (Fsp3) is 0.370. The van der Waals surface area contributed by atoms with Crippen LogP contribution in [-0.4, -0.2) is 34.8 Å². The second-order valence-electron chi connectivity index (χ2n) is 8.93. The number of halogens is 1. The number of nitrogens with zero attached hydrogens (tertiary/aromatic N) is 2. The summed E-state index contributed by atoms with van der Waals surface area (Å²) in [5.74, 6) is 0.0534. The van der Waals surface area contributed by atoms with Gasteiger partial charge in [0.15, 0.2) is 12.3 Å². The van der Waals surface area contributed by atoms with Gasteiger partial charge in [-0.05, 0) is 53.8 Å². The maximum atomic E-state index is 14.1. The van der Waals surface area contributed by atoms with E-state index in [1.54, 1.807) is 6.07 Å². The first-order valence-corrected chi connectivity index (χ1v) is 11.9. The van der Waals surface area contributed by atoms with Gasteiger partial charge in [0.25, 0.3) is 5.91 Å². The van der Waals surface area contributed by atoms with Crippen LogP contribution in [0.2, 0.25) is 0 Å². The van der Waals surface area contributed by atoms with E-state index in [0.29, 0.717) is 30.8 Å². The number of amides is 2. The van der Waals surface area contributed by atoms with Crippen LogP contribution >= 0.6 is 0 Å². The Morgan fingerprint density at radius 3 is 2.83 bits per heavy atom. The van der Waals surface area contributed by atoms with Gasteiger partial charge in [-0.25, -0.2) is 9.37 Å². The zero-order chi connectivity index (χ0) is 24.9. The molecule has 35 heavy (non-hydrogen) atoms. The lowest BCUT2D eigenvalue weighted by molar-refractivity contribution is -0.136. The summed E-state index contributed by atoms with van der Waals surface area (Å²) in [6.45, 7) is 6.87. The largest absolute Gasteiger partial charge is 0.484 e. The van der Waals surface area contributed by atoms with E-state index in [0.717, 1.165) is 17.5 Å². The molecule has 0 spiro atoms.